The summed E-state index contributed by atoms with van der Waals surface area (Å²) in [5, 5.41) is 16.1. The third-order valence-corrected chi connectivity index (χ3v) is 4.35. The number of guanidine groups is 1. The molecule has 2 rings (SSSR count). The molecular formula is C19H26IN3OS. The van der Waals surface area contributed by atoms with Gasteiger partial charge in [0, 0.05) is 30.3 Å². The van der Waals surface area contributed by atoms with Crippen molar-refractivity contribution in [3.8, 4) is 5.75 Å². The van der Waals surface area contributed by atoms with Crippen LogP contribution in [0, 0.1) is 0 Å². The number of benzene rings is 2. The van der Waals surface area contributed by atoms with E-state index >= 15 is 0 Å². The van der Waals surface area contributed by atoms with E-state index in [1.54, 1.807) is 12.1 Å². The summed E-state index contributed by atoms with van der Waals surface area (Å²) in [5.41, 5.74) is 1.09. The van der Waals surface area contributed by atoms with E-state index in [0.717, 1.165) is 36.8 Å². The van der Waals surface area contributed by atoms with Gasteiger partial charge >= 0.3 is 0 Å². The van der Waals surface area contributed by atoms with Crippen molar-refractivity contribution >= 4 is 41.7 Å². The lowest BCUT2D eigenvalue weighted by atomic mass is 10.1. The molecule has 2 aromatic rings. The molecule has 0 saturated heterocycles. The van der Waals surface area contributed by atoms with E-state index in [1.165, 1.54) is 4.90 Å². The second kappa shape index (κ2) is 12.9. The summed E-state index contributed by atoms with van der Waals surface area (Å²) >= 11 is 1.83. The van der Waals surface area contributed by atoms with E-state index in [4.69, 9.17) is 0 Å². The number of hydrogen-bond acceptors (Lipinski definition) is 3. The molecule has 25 heavy (non-hydrogen) atoms. The molecule has 0 spiro atoms. The minimum absolute atomic E-state index is 0. The van der Waals surface area contributed by atoms with Crippen molar-refractivity contribution in [2.45, 2.75) is 18.2 Å². The highest BCUT2D eigenvalue weighted by Gasteiger charge is 1.99. The third kappa shape index (κ3) is 9.02. The van der Waals surface area contributed by atoms with Crippen LogP contribution in [-0.4, -0.2) is 36.5 Å². The average Bonchev–Trinajstić information content (AvgIpc) is 2.59. The molecular weight excluding hydrogens is 445 g/mol. The standard InChI is InChI=1S/C19H25N3OS.HI/c1-2-20-19(21-12-11-16-7-6-8-17(23)15-16)22-13-14-24-18-9-4-3-5-10-18;/h3-10,15,23H,2,11-14H2,1H3,(H2,20,21,22);1H. The minimum atomic E-state index is 0. The highest BCUT2D eigenvalue weighted by molar-refractivity contribution is 14.0. The fourth-order valence-electron chi connectivity index (χ4n) is 2.21. The lowest BCUT2D eigenvalue weighted by Crippen LogP contribution is -2.38. The van der Waals surface area contributed by atoms with Gasteiger partial charge in [-0.15, -0.1) is 35.7 Å². The van der Waals surface area contributed by atoms with Crippen LogP contribution in [0.4, 0.5) is 0 Å². The Morgan fingerprint density at radius 1 is 1.08 bits per heavy atom. The maximum absolute atomic E-state index is 9.48. The van der Waals surface area contributed by atoms with E-state index in [2.05, 4.69) is 46.8 Å². The number of nitrogens with one attached hydrogen (secondary N) is 2. The van der Waals surface area contributed by atoms with Gasteiger partial charge in [0.15, 0.2) is 5.96 Å². The lowest BCUT2D eigenvalue weighted by Gasteiger charge is -2.11. The number of rotatable bonds is 8. The van der Waals surface area contributed by atoms with Crippen LogP contribution in [0.1, 0.15) is 12.5 Å². The van der Waals surface area contributed by atoms with Gasteiger partial charge in [0.25, 0.3) is 0 Å². The Kier molecular flexibility index (Phi) is 11.1. The molecule has 0 aliphatic carbocycles. The Hall–Kier alpha value is -1.41. The Morgan fingerprint density at radius 3 is 2.60 bits per heavy atom. The normalized spacial score (nSPS) is 10.8. The summed E-state index contributed by atoms with van der Waals surface area (Å²) in [6.45, 7) is 4.44. The second-order valence-electron chi connectivity index (χ2n) is 5.27. The summed E-state index contributed by atoms with van der Waals surface area (Å²) in [6, 6.07) is 17.7. The number of nitrogens with zero attached hydrogens (tertiary/aromatic N) is 1. The SMILES string of the molecule is CCNC(=NCCc1cccc(O)c1)NCCSc1ccccc1.I. The fraction of sp³-hybridized carbons (Fsp3) is 0.316. The number of hydrogen-bond donors (Lipinski definition) is 3. The first-order chi connectivity index (χ1) is 11.8. The topological polar surface area (TPSA) is 56.7 Å². The predicted octanol–water partition coefficient (Wildman–Crippen LogP) is 3.90. The van der Waals surface area contributed by atoms with E-state index in [-0.39, 0.29) is 24.0 Å². The average molecular weight is 471 g/mol. The Labute approximate surface area is 171 Å². The molecule has 2 aromatic carbocycles. The van der Waals surface area contributed by atoms with Gasteiger partial charge in [-0.3, -0.25) is 4.99 Å². The molecule has 0 aromatic heterocycles. The molecule has 3 N–H and O–H groups in total. The van der Waals surface area contributed by atoms with Gasteiger partial charge in [-0.25, -0.2) is 0 Å². The number of phenolic OH excluding ortho intramolecular Hbond substituents is 1. The highest BCUT2D eigenvalue weighted by atomic mass is 127. The van der Waals surface area contributed by atoms with Crippen LogP contribution in [0.15, 0.2) is 64.5 Å². The van der Waals surface area contributed by atoms with Gasteiger partial charge in [0.1, 0.15) is 5.75 Å². The van der Waals surface area contributed by atoms with Gasteiger partial charge in [0.2, 0.25) is 0 Å². The molecule has 0 aliphatic heterocycles. The van der Waals surface area contributed by atoms with Crippen LogP contribution in [0.25, 0.3) is 0 Å². The first-order valence-electron chi connectivity index (χ1n) is 8.26. The van der Waals surface area contributed by atoms with Gasteiger partial charge in [-0.1, -0.05) is 30.3 Å². The first-order valence-corrected chi connectivity index (χ1v) is 9.24. The van der Waals surface area contributed by atoms with Crippen molar-refractivity contribution in [2.24, 2.45) is 4.99 Å². The summed E-state index contributed by atoms with van der Waals surface area (Å²) in [7, 11) is 0. The Morgan fingerprint density at radius 2 is 1.88 bits per heavy atom. The molecule has 0 radical (unpaired) electrons. The van der Waals surface area contributed by atoms with Crippen LogP contribution in [0.3, 0.4) is 0 Å². The zero-order valence-electron chi connectivity index (χ0n) is 14.4. The molecule has 6 heteroatoms. The summed E-state index contributed by atoms with van der Waals surface area (Å²) in [5.74, 6) is 2.13. The molecule has 0 amide bonds. The maximum atomic E-state index is 9.48. The summed E-state index contributed by atoms with van der Waals surface area (Å²) < 4.78 is 0. The number of aromatic hydroxyl groups is 1. The van der Waals surface area contributed by atoms with Crippen LogP contribution >= 0.6 is 35.7 Å². The Balaban J connectivity index is 0.00000312. The van der Waals surface area contributed by atoms with Crippen molar-refractivity contribution in [3.63, 3.8) is 0 Å². The zero-order valence-corrected chi connectivity index (χ0v) is 17.6. The van der Waals surface area contributed by atoms with Crippen molar-refractivity contribution < 1.29 is 5.11 Å². The van der Waals surface area contributed by atoms with Gasteiger partial charge < -0.3 is 15.7 Å². The monoisotopic (exact) mass is 471 g/mol. The predicted molar refractivity (Wildman–Crippen MR) is 118 cm³/mol. The number of halogens is 1. The van der Waals surface area contributed by atoms with Crippen LogP contribution in [0.2, 0.25) is 0 Å². The molecule has 0 aliphatic rings. The smallest absolute Gasteiger partial charge is 0.191 e. The molecule has 136 valence electrons. The molecule has 4 nitrogen and oxygen atoms in total. The molecule has 0 fully saturated rings. The van der Waals surface area contributed by atoms with Crippen LogP contribution in [-0.2, 0) is 6.42 Å². The third-order valence-electron chi connectivity index (χ3n) is 3.33. The largest absolute Gasteiger partial charge is 0.508 e. The van der Waals surface area contributed by atoms with Gasteiger partial charge in [-0.2, -0.15) is 0 Å². The number of phenols is 1. The van der Waals surface area contributed by atoms with Crippen LogP contribution in [0.5, 0.6) is 5.75 Å². The van der Waals surface area contributed by atoms with Crippen molar-refractivity contribution in [1.82, 2.24) is 10.6 Å². The first kappa shape index (κ1) is 21.6. The van der Waals surface area contributed by atoms with E-state index in [1.807, 2.05) is 30.0 Å². The van der Waals surface area contributed by atoms with Crippen molar-refractivity contribution in [1.29, 1.82) is 0 Å². The molecule has 0 heterocycles. The molecule has 0 unspecified atom stereocenters. The van der Waals surface area contributed by atoms with E-state index < -0.39 is 0 Å². The molecule has 0 bridgehead atoms. The van der Waals surface area contributed by atoms with Crippen molar-refractivity contribution in [2.75, 3.05) is 25.4 Å². The van der Waals surface area contributed by atoms with Crippen molar-refractivity contribution in [3.05, 3.63) is 60.2 Å². The molecule has 0 saturated carbocycles. The molecule has 0 atom stereocenters. The van der Waals surface area contributed by atoms with Gasteiger partial charge in [-0.05, 0) is 43.2 Å². The fourth-order valence-corrected chi connectivity index (χ4v) is 2.99. The second-order valence-corrected chi connectivity index (χ2v) is 6.44. The number of thioether (sulfide) groups is 1. The van der Waals surface area contributed by atoms with E-state index in [0.29, 0.717) is 12.3 Å². The minimum Gasteiger partial charge on any atom is -0.508 e. The quantitative estimate of drug-likeness (QED) is 0.180. The summed E-state index contributed by atoms with van der Waals surface area (Å²) in [6.07, 6.45) is 0.809. The lowest BCUT2D eigenvalue weighted by molar-refractivity contribution is 0.474. The van der Waals surface area contributed by atoms with Crippen LogP contribution < -0.4 is 10.6 Å². The maximum Gasteiger partial charge on any atom is 0.191 e. The van der Waals surface area contributed by atoms with Gasteiger partial charge in [0.05, 0.1) is 0 Å². The zero-order chi connectivity index (χ0) is 17.0. The Bertz CT molecular complexity index is 638. The van der Waals surface area contributed by atoms with E-state index in [9.17, 15) is 5.11 Å². The number of aliphatic imine (C=N–C) groups is 1. The summed E-state index contributed by atoms with van der Waals surface area (Å²) in [4.78, 5) is 5.87. The highest BCUT2D eigenvalue weighted by Crippen LogP contribution is 2.15.